The van der Waals surface area contributed by atoms with Crippen LogP contribution >= 0.6 is 0 Å². The van der Waals surface area contributed by atoms with Crippen molar-refractivity contribution in [3.8, 4) is 0 Å². The normalized spacial score (nSPS) is 10.4. The van der Waals surface area contributed by atoms with Gasteiger partial charge in [-0.1, -0.05) is 0 Å². The van der Waals surface area contributed by atoms with E-state index in [1.807, 2.05) is 0 Å². The number of fused-ring (bicyclic) bond motifs is 1. The second-order valence-corrected chi connectivity index (χ2v) is 2.39. The van der Waals surface area contributed by atoms with Crippen LogP contribution in [0.15, 0.2) is 23.3 Å². The molecule has 0 spiro atoms. The van der Waals surface area contributed by atoms with Crippen molar-refractivity contribution in [3.05, 3.63) is 28.9 Å². The van der Waals surface area contributed by atoms with Crippen LogP contribution in [0.3, 0.4) is 0 Å². The van der Waals surface area contributed by atoms with E-state index < -0.39 is 0 Å². The Hall–Kier alpha value is -1.78. The lowest BCUT2D eigenvalue weighted by Crippen LogP contribution is -2.15. The minimum Gasteiger partial charge on any atom is -0.385 e. The quantitative estimate of drug-likeness (QED) is 0.626. The number of aromatic amines is 1. The van der Waals surface area contributed by atoms with Gasteiger partial charge in [0.15, 0.2) is 0 Å². The molecule has 0 aliphatic heterocycles. The Bertz CT molecular complexity index is 456. The maximum Gasteiger partial charge on any atom is 0.346 e. The van der Waals surface area contributed by atoms with Crippen molar-refractivity contribution in [1.29, 1.82) is 0 Å². The number of nitrogens with zero attached hydrogens (tertiary/aromatic N) is 2. The van der Waals surface area contributed by atoms with Gasteiger partial charge in [-0.05, 0) is 6.07 Å². The summed E-state index contributed by atoms with van der Waals surface area (Å²) in [7, 11) is 1.79. The molecule has 0 saturated heterocycles. The molecule has 0 saturated carbocycles. The molecular formula is C7H8N4O. The Balaban J connectivity index is 2.89. The molecule has 2 heterocycles. The maximum absolute atomic E-state index is 11.1. The van der Waals surface area contributed by atoms with Crippen LogP contribution in [0.2, 0.25) is 0 Å². The highest BCUT2D eigenvalue weighted by Crippen LogP contribution is 2.11. The largest absolute Gasteiger partial charge is 0.385 e. The standard InChI is InChI=1S/C7H8N4O/c1-8-5-4-10-11-6(5)2-3-9-7(11)12/h2-4,8H,1H3,(H,9,12). The Morgan fingerprint density at radius 3 is 3.25 bits per heavy atom. The highest BCUT2D eigenvalue weighted by atomic mass is 16.1. The fourth-order valence-corrected chi connectivity index (χ4v) is 1.13. The summed E-state index contributed by atoms with van der Waals surface area (Å²) in [4.78, 5) is 13.7. The molecule has 2 rings (SSSR count). The van der Waals surface area contributed by atoms with Gasteiger partial charge in [0.2, 0.25) is 0 Å². The monoisotopic (exact) mass is 164 g/mol. The fourth-order valence-electron chi connectivity index (χ4n) is 1.13. The average molecular weight is 164 g/mol. The number of nitrogens with one attached hydrogen (secondary N) is 2. The maximum atomic E-state index is 11.1. The van der Waals surface area contributed by atoms with Crippen LogP contribution < -0.4 is 11.0 Å². The minimum absolute atomic E-state index is 0.228. The van der Waals surface area contributed by atoms with Crippen LogP contribution in [0.1, 0.15) is 0 Å². The van der Waals surface area contributed by atoms with E-state index in [4.69, 9.17) is 0 Å². The fraction of sp³-hybridized carbons (Fsp3) is 0.143. The van der Waals surface area contributed by atoms with Crippen LogP contribution in [0, 0.1) is 0 Å². The first-order valence-electron chi connectivity index (χ1n) is 3.56. The SMILES string of the molecule is CNc1cnn2c(=O)[nH]ccc12. The predicted octanol–water partition coefficient (Wildman–Crippen LogP) is 0.0643. The van der Waals surface area contributed by atoms with Gasteiger partial charge in [0, 0.05) is 13.2 Å². The molecule has 62 valence electrons. The van der Waals surface area contributed by atoms with Crippen molar-refractivity contribution in [2.75, 3.05) is 12.4 Å². The van der Waals surface area contributed by atoms with Crippen LogP contribution in [0.25, 0.3) is 5.52 Å². The summed E-state index contributed by atoms with van der Waals surface area (Å²) in [6, 6.07) is 1.79. The van der Waals surface area contributed by atoms with E-state index in [0.717, 1.165) is 11.2 Å². The van der Waals surface area contributed by atoms with Crippen molar-refractivity contribution in [1.82, 2.24) is 14.6 Å². The highest BCUT2D eigenvalue weighted by molar-refractivity contribution is 5.70. The van der Waals surface area contributed by atoms with Gasteiger partial charge < -0.3 is 10.3 Å². The van der Waals surface area contributed by atoms with Gasteiger partial charge in [0.1, 0.15) is 0 Å². The van der Waals surface area contributed by atoms with E-state index >= 15 is 0 Å². The second kappa shape index (κ2) is 2.37. The molecule has 0 aliphatic carbocycles. The molecule has 0 bridgehead atoms. The van der Waals surface area contributed by atoms with Crippen molar-refractivity contribution >= 4 is 11.2 Å². The van der Waals surface area contributed by atoms with Gasteiger partial charge >= 0.3 is 5.69 Å². The van der Waals surface area contributed by atoms with E-state index in [9.17, 15) is 4.79 Å². The van der Waals surface area contributed by atoms with Gasteiger partial charge in [-0.25, -0.2) is 4.79 Å². The minimum atomic E-state index is -0.228. The third-order valence-electron chi connectivity index (χ3n) is 1.72. The van der Waals surface area contributed by atoms with Gasteiger partial charge in [-0.15, -0.1) is 0 Å². The van der Waals surface area contributed by atoms with Crippen LogP contribution in [0.4, 0.5) is 5.69 Å². The van der Waals surface area contributed by atoms with Gasteiger partial charge in [0.05, 0.1) is 17.4 Å². The second-order valence-electron chi connectivity index (χ2n) is 2.39. The van der Waals surface area contributed by atoms with Crippen molar-refractivity contribution in [2.24, 2.45) is 0 Å². The lowest BCUT2D eigenvalue weighted by atomic mass is 10.4. The summed E-state index contributed by atoms with van der Waals surface area (Å²) in [6.07, 6.45) is 3.21. The zero-order chi connectivity index (χ0) is 8.55. The van der Waals surface area contributed by atoms with E-state index in [-0.39, 0.29) is 5.69 Å². The van der Waals surface area contributed by atoms with Gasteiger partial charge in [-0.2, -0.15) is 9.61 Å². The molecule has 0 atom stereocenters. The number of aromatic nitrogens is 3. The number of anilines is 1. The third-order valence-corrected chi connectivity index (χ3v) is 1.72. The molecule has 0 radical (unpaired) electrons. The van der Waals surface area contributed by atoms with Crippen LogP contribution in [0.5, 0.6) is 0 Å². The summed E-state index contributed by atoms with van der Waals surface area (Å²) >= 11 is 0. The molecule has 5 heteroatoms. The first kappa shape index (κ1) is 6.90. The van der Waals surface area contributed by atoms with Crippen LogP contribution in [-0.2, 0) is 0 Å². The molecule has 12 heavy (non-hydrogen) atoms. The Labute approximate surface area is 68.0 Å². The molecule has 0 amide bonds. The molecule has 5 nitrogen and oxygen atoms in total. The molecular weight excluding hydrogens is 156 g/mol. The summed E-state index contributed by atoms with van der Waals surface area (Å²) in [5.74, 6) is 0. The molecule has 2 aromatic rings. The average Bonchev–Trinajstić information content (AvgIpc) is 2.49. The first-order valence-corrected chi connectivity index (χ1v) is 3.56. The Kier molecular flexibility index (Phi) is 1.36. The summed E-state index contributed by atoms with van der Waals surface area (Å²) < 4.78 is 1.31. The number of hydrogen-bond donors (Lipinski definition) is 2. The molecule has 2 aromatic heterocycles. The van der Waals surface area contributed by atoms with E-state index in [1.54, 1.807) is 25.5 Å². The molecule has 0 unspecified atom stereocenters. The third kappa shape index (κ3) is 0.795. The van der Waals surface area contributed by atoms with Crippen molar-refractivity contribution in [3.63, 3.8) is 0 Å². The van der Waals surface area contributed by atoms with E-state index in [2.05, 4.69) is 15.4 Å². The summed E-state index contributed by atoms with van der Waals surface area (Å²) in [5.41, 5.74) is 1.40. The first-order chi connectivity index (χ1) is 5.83. The zero-order valence-corrected chi connectivity index (χ0v) is 6.53. The molecule has 0 fully saturated rings. The zero-order valence-electron chi connectivity index (χ0n) is 6.53. The molecule has 0 aromatic carbocycles. The van der Waals surface area contributed by atoms with E-state index in [0.29, 0.717) is 0 Å². The summed E-state index contributed by atoms with van der Waals surface area (Å²) in [5, 5.41) is 6.84. The number of hydrogen-bond acceptors (Lipinski definition) is 3. The lowest BCUT2D eigenvalue weighted by Gasteiger charge is -1.94. The Morgan fingerprint density at radius 2 is 2.50 bits per heavy atom. The highest BCUT2D eigenvalue weighted by Gasteiger charge is 2.02. The van der Waals surface area contributed by atoms with Gasteiger partial charge in [-0.3, -0.25) is 0 Å². The number of rotatable bonds is 1. The smallest absolute Gasteiger partial charge is 0.346 e. The van der Waals surface area contributed by atoms with Crippen molar-refractivity contribution in [2.45, 2.75) is 0 Å². The molecule has 2 N–H and O–H groups in total. The predicted molar refractivity (Wildman–Crippen MR) is 45.4 cm³/mol. The number of H-pyrrole nitrogens is 1. The van der Waals surface area contributed by atoms with Gasteiger partial charge in [0.25, 0.3) is 0 Å². The van der Waals surface area contributed by atoms with Crippen LogP contribution in [-0.4, -0.2) is 21.6 Å². The molecule has 0 aliphatic rings. The van der Waals surface area contributed by atoms with Crippen molar-refractivity contribution < 1.29 is 0 Å². The van der Waals surface area contributed by atoms with E-state index in [1.165, 1.54) is 4.52 Å². The topological polar surface area (TPSA) is 62.2 Å². The Morgan fingerprint density at radius 1 is 1.67 bits per heavy atom. The lowest BCUT2D eigenvalue weighted by molar-refractivity contribution is 0.868. The summed E-state index contributed by atoms with van der Waals surface area (Å²) in [6.45, 7) is 0.